The van der Waals surface area contributed by atoms with Gasteiger partial charge in [-0.25, -0.2) is 0 Å². The first-order chi connectivity index (χ1) is 3.00. The van der Waals surface area contributed by atoms with Gasteiger partial charge in [-0.05, 0) is 0 Å². The second-order valence-corrected chi connectivity index (χ2v) is 5.64. The van der Waals surface area contributed by atoms with E-state index in [0.29, 0.717) is 0 Å². The van der Waals surface area contributed by atoms with Gasteiger partial charge in [0.1, 0.15) is 0 Å². The van der Waals surface area contributed by atoms with E-state index in [4.69, 9.17) is 0 Å². The van der Waals surface area contributed by atoms with E-state index in [-0.39, 0.29) is 53.3 Å². The van der Waals surface area contributed by atoms with Gasteiger partial charge in [0.15, 0.2) is 0 Å². The number of allylic oxidation sites excluding steroid dienone is 3. The first kappa shape index (κ1) is 8.27. The van der Waals surface area contributed by atoms with Gasteiger partial charge in [0.05, 0.1) is 0 Å². The first-order valence-corrected chi connectivity index (χ1v) is 7.18. The van der Waals surface area contributed by atoms with Crippen LogP contribution in [0.4, 0.5) is 0 Å². The van der Waals surface area contributed by atoms with Crippen molar-refractivity contribution in [2.75, 3.05) is 0 Å². The summed E-state index contributed by atoms with van der Waals surface area (Å²) in [4.78, 5) is 0. The molecule has 0 aromatic rings. The molecule has 1 aliphatic rings. The van der Waals surface area contributed by atoms with E-state index in [0.717, 1.165) is 0 Å². The van der Waals surface area contributed by atoms with E-state index in [9.17, 15) is 0 Å². The van der Waals surface area contributed by atoms with Crippen molar-refractivity contribution in [2.24, 2.45) is 0 Å². The molecule has 0 nitrogen and oxygen atoms in total. The zero-order chi connectivity index (χ0) is 4.24. The number of rotatable bonds is 0. The summed E-state index contributed by atoms with van der Waals surface area (Å²) in [6.45, 7) is 0. The molecule has 2 heteroatoms. The Morgan fingerprint density at radius 3 is 2.00 bits per heavy atom. The van der Waals surface area contributed by atoms with Crippen LogP contribution in [0.2, 0.25) is 0 Å². The number of hydrogen-bond donors (Lipinski definition) is 0. The Kier molecular flexibility index (Phi) is 6.39. The average Bonchev–Trinajstić information content (AvgIpc) is 1.72. The molecule has 7 heavy (non-hydrogen) atoms. The van der Waals surface area contributed by atoms with Crippen molar-refractivity contribution in [3.05, 3.63) is 21.9 Å². The molecule has 0 aromatic carbocycles. The van der Waals surface area contributed by atoms with Gasteiger partial charge >= 0.3 is 78.7 Å². The molecule has 0 saturated heterocycles. The van der Waals surface area contributed by atoms with Gasteiger partial charge in [-0.3, -0.25) is 0 Å². The second kappa shape index (κ2) is 5.41. The maximum absolute atomic E-state index is 2.33. The third-order valence-corrected chi connectivity index (χ3v) is 4.12. The van der Waals surface area contributed by atoms with E-state index in [1.807, 2.05) is 0 Å². The van der Waals surface area contributed by atoms with E-state index in [2.05, 4.69) is 25.4 Å². The fourth-order valence-electron chi connectivity index (χ4n) is 0.385. The zero-order valence-electron chi connectivity index (χ0n) is 3.46. The molecule has 0 atom stereocenters. The summed E-state index contributed by atoms with van der Waals surface area (Å²) in [7, 11) is 0. The maximum atomic E-state index is 2.33. The molecule has 0 amide bonds. The molecule has 0 aromatic heterocycles. The molecule has 0 N–H and O–H groups in total. The van der Waals surface area contributed by atoms with E-state index >= 15 is 0 Å². The Morgan fingerprint density at radius 1 is 1.00 bits per heavy atom. The van der Waals surface area contributed by atoms with Crippen LogP contribution in [0.5, 0.6) is 0 Å². The summed E-state index contributed by atoms with van der Waals surface area (Å²) >= 11 is -0.380. The van der Waals surface area contributed by atoms with Crippen molar-refractivity contribution >= 4 is 56.9 Å². The Hall–Kier alpha value is 1.27. The fraction of sp³-hybridized carbons (Fsp3) is 0. The summed E-state index contributed by atoms with van der Waals surface area (Å²) in [6.07, 6.45) is 6.38. The number of hydrogen-bond acceptors (Lipinski definition) is 0. The van der Waals surface area contributed by atoms with E-state index in [1.54, 1.807) is 0 Å². The normalized spacial score (nSPS) is 12.6. The van der Waals surface area contributed by atoms with Crippen LogP contribution in [0.25, 0.3) is 0 Å². The van der Waals surface area contributed by atoms with Crippen LogP contribution < -0.4 is 0 Å². The standard InChI is InChI=1S/C5H5.Na.Tl.H/c1-3-5-4-2;;;/h1-5H;;;. The molecular formula is C5H6NaTl. The molecule has 0 aliphatic carbocycles. The average molecular weight is 293 g/mol. The summed E-state index contributed by atoms with van der Waals surface area (Å²) in [5, 5.41) is 0. The molecule has 0 fully saturated rings. The van der Waals surface area contributed by atoms with Crippen molar-refractivity contribution in [2.45, 2.75) is 0 Å². The van der Waals surface area contributed by atoms with Crippen LogP contribution in [0.3, 0.4) is 0 Å². The predicted molar refractivity (Wildman–Crippen MR) is 37.2 cm³/mol. The topological polar surface area (TPSA) is 0 Å². The van der Waals surface area contributed by atoms with Crippen LogP contribution >= 0.6 is 0 Å². The SMILES string of the molecule is C1=C[CH]=[Tl][CH]=C1.[NaH]. The quantitative estimate of drug-likeness (QED) is 0.549. The van der Waals surface area contributed by atoms with Gasteiger partial charge in [0, 0.05) is 0 Å². The second-order valence-electron chi connectivity index (χ2n) is 1.15. The Morgan fingerprint density at radius 2 is 1.86 bits per heavy atom. The van der Waals surface area contributed by atoms with Crippen LogP contribution in [0.1, 0.15) is 0 Å². The van der Waals surface area contributed by atoms with Gasteiger partial charge in [-0.1, -0.05) is 0 Å². The third-order valence-electron chi connectivity index (χ3n) is 0.667. The molecule has 0 bridgehead atoms. The van der Waals surface area contributed by atoms with Gasteiger partial charge in [0.25, 0.3) is 0 Å². The minimum absolute atomic E-state index is 0. The van der Waals surface area contributed by atoms with Gasteiger partial charge in [0.2, 0.25) is 0 Å². The van der Waals surface area contributed by atoms with E-state index in [1.165, 1.54) is 0 Å². The van der Waals surface area contributed by atoms with Crippen molar-refractivity contribution in [1.29, 1.82) is 0 Å². The van der Waals surface area contributed by atoms with Crippen LogP contribution in [0, 0.1) is 0 Å². The van der Waals surface area contributed by atoms with Crippen LogP contribution in [-0.2, 0) is 0 Å². The summed E-state index contributed by atoms with van der Waals surface area (Å²) < 4.78 is 4.67. The predicted octanol–water partition coefficient (Wildman–Crippen LogP) is -0.0722. The zero-order valence-corrected chi connectivity index (χ0v) is 7.95. The monoisotopic (exact) mass is 294 g/mol. The Labute approximate surface area is 77.7 Å². The van der Waals surface area contributed by atoms with Crippen LogP contribution in [-0.4, -0.2) is 56.9 Å². The molecule has 1 rings (SSSR count). The van der Waals surface area contributed by atoms with Gasteiger partial charge < -0.3 is 0 Å². The van der Waals surface area contributed by atoms with Crippen molar-refractivity contribution in [3.8, 4) is 0 Å². The van der Waals surface area contributed by atoms with Crippen molar-refractivity contribution in [1.82, 2.24) is 0 Å². The van der Waals surface area contributed by atoms with Gasteiger partial charge in [-0.2, -0.15) is 0 Å². The fourth-order valence-corrected chi connectivity index (χ4v) is 2.88. The van der Waals surface area contributed by atoms with Crippen LogP contribution in [0.15, 0.2) is 21.9 Å². The molecule has 30 valence electrons. The molecule has 1 aliphatic heterocycles. The molecule has 1 heterocycles. The molecule has 0 radical (unpaired) electrons. The molecule has 0 unspecified atom stereocenters. The summed E-state index contributed by atoms with van der Waals surface area (Å²) in [5.41, 5.74) is 0. The first-order valence-electron chi connectivity index (χ1n) is 2.00. The summed E-state index contributed by atoms with van der Waals surface area (Å²) in [6, 6.07) is 0. The Bertz CT molecular complexity index is 77.5. The minimum atomic E-state index is -0.380. The molecular weight excluding hydrogens is 287 g/mol. The third kappa shape index (κ3) is 3.82. The summed E-state index contributed by atoms with van der Waals surface area (Å²) in [5.74, 6) is 0. The Balaban J connectivity index is 0.000000360. The van der Waals surface area contributed by atoms with E-state index < -0.39 is 0 Å². The van der Waals surface area contributed by atoms with Crippen molar-refractivity contribution < 1.29 is 0 Å². The molecule has 0 saturated carbocycles. The van der Waals surface area contributed by atoms with Gasteiger partial charge in [-0.15, -0.1) is 0 Å². The van der Waals surface area contributed by atoms with Crippen molar-refractivity contribution in [3.63, 3.8) is 0 Å². The molecule has 0 spiro atoms.